The number of benzene rings is 1. The molecule has 0 aliphatic carbocycles. The highest BCUT2D eigenvalue weighted by molar-refractivity contribution is 6.33. The van der Waals surface area contributed by atoms with E-state index in [9.17, 15) is 4.79 Å². The molecule has 0 unspecified atom stereocenters. The highest BCUT2D eigenvalue weighted by atomic mass is 35.5. The third-order valence-corrected chi connectivity index (χ3v) is 3.41. The molecule has 5 nitrogen and oxygen atoms in total. The Bertz CT molecular complexity index is 650. The summed E-state index contributed by atoms with van der Waals surface area (Å²) in [4.78, 5) is 13.9. The second-order valence-electron chi connectivity index (χ2n) is 4.64. The number of nitrogens with zero attached hydrogens (tertiary/aromatic N) is 2. The number of carbonyl (C=O) groups excluding carboxylic acids is 1. The molecule has 0 bridgehead atoms. The number of carbonyl (C=O) groups is 1. The zero-order chi connectivity index (χ0) is 15.8. The number of furan rings is 1. The van der Waals surface area contributed by atoms with Crippen LogP contribution in [0.4, 0.5) is 5.69 Å². The summed E-state index contributed by atoms with van der Waals surface area (Å²) in [6.45, 7) is 0.813. The fourth-order valence-electron chi connectivity index (χ4n) is 1.95. The van der Waals surface area contributed by atoms with Gasteiger partial charge >= 0.3 is 0 Å². The summed E-state index contributed by atoms with van der Waals surface area (Å²) in [6.07, 6.45) is 1.84. The number of hydrogen-bond acceptors (Lipinski definition) is 4. The molecule has 2 aromatic rings. The maximum atomic E-state index is 12.3. The van der Waals surface area contributed by atoms with Gasteiger partial charge in [-0.25, -0.2) is 0 Å². The van der Waals surface area contributed by atoms with Gasteiger partial charge in [0.15, 0.2) is 0 Å². The molecule has 1 N–H and O–H groups in total. The van der Waals surface area contributed by atoms with Crippen molar-refractivity contribution in [2.75, 3.05) is 18.4 Å². The fraction of sp³-hybridized carbons (Fsp3) is 0.250. The van der Waals surface area contributed by atoms with Gasteiger partial charge in [-0.3, -0.25) is 4.79 Å². The van der Waals surface area contributed by atoms with Gasteiger partial charge < -0.3 is 14.6 Å². The number of para-hydroxylation sites is 1. The van der Waals surface area contributed by atoms with Crippen LogP contribution < -0.4 is 5.32 Å². The van der Waals surface area contributed by atoms with Crippen molar-refractivity contribution in [3.05, 3.63) is 53.4 Å². The average Bonchev–Trinajstić information content (AvgIpc) is 3.03. The summed E-state index contributed by atoms with van der Waals surface area (Å²) in [5.74, 6) is 0.565. The van der Waals surface area contributed by atoms with Crippen LogP contribution in [0.3, 0.4) is 0 Å². The fourth-order valence-corrected chi connectivity index (χ4v) is 2.16. The third kappa shape index (κ3) is 4.54. The SMILES string of the molecule is N#CCCN(Cc1ccco1)C(=O)CNc1ccccc1Cl. The first-order valence-electron chi connectivity index (χ1n) is 6.86. The van der Waals surface area contributed by atoms with E-state index >= 15 is 0 Å². The topological polar surface area (TPSA) is 69.3 Å². The van der Waals surface area contributed by atoms with Gasteiger partial charge in [-0.05, 0) is 24.3 Å². The Kier molecular flexibility index (Phi) is 5.87. The molecule has 0 fully saturated rings. The Morgan fingerprint density at radius 3 is 2.82 bits per heavy atom. The zero-order valence-electron chi connectivity index (χ0n) is 12.0. The van der Waals surface area contributed by atoms with E-state index in [0.29, 0.717) is 29.6 Å². The van der Waals surface area contributed by atoms with Crippen molar-refractivity contribution in [1.29, 1.82) is 5.26 Å². The quantitative estimate of drug-likeness (QED) is 0.850. The van der Waals surface area contributed by atoms with E-state index in [1.54, 1.807) is 29.4 Å². The highest BCUT2D eigenvalue weighted by Gasteiger charge is 2.15. The van der Waals surface area contributed by atoms with Gasteiger partial charge in [0.2, 0.25) is 5.91 Å². The molecule has 1 aromatic carbocycles. The predicted octanol–water partition coefficient (Wildman–Crippen LogP) is 3.29. The third-order valence-electron chi connectivity index (χ3n) is 3.08. The summed E-state index contributed by atoms with van der Waals surface area (Å²) >= 11 is 6.04. The number of halogens is 1. The number of nitriles is 1. The minimum atomic E-state index is -0.119. The Morgan fingerprint density at radius 1 is 1.32 bits per heavy atom. The lowest BCUT2D eigenvalue weighted by Gasteiger charge is -2.21. The standard InChI is InChI=1S/C16H16ClN3O2/c17-14-6-1-2-7-15(14)19-11-16(21)20(9-4-8-18)12-13-5-3-10-22-13/h1-3,5-7,10,19H,4,9,11-12H2. The van der Waals surface area contributed by atoms with Crippen molar-refractivity contribution in [3.63, 3.8) is 0 Å². The van der Waals surface area contributed by atoms with Crippen LogP contribution in [0.2, 0.25) is 5.02 Å². The van der Waals surface area contributed by atoms with Crippen molar-refractivity contribution in [2.24, 2.45) is 0 Å². The second kappa shape index (κ2) is 8.11. The average molecular weight is 318 g/mol. The molecule has 2 rings (SSSR count). The van der Waals surface area contributed by atoms with Crippen LogP contribution in [0.15, 0.2) is 47.1 Å². The van der Waals surface area contributed by atoms with Crippen LogP contribution in [0.25, 0.3) is 0 Å². The molecule has 22 heavy (non-hydrogen) atoms. The molecule has 1 aromatic heterocycles. The van der Waals surface area contributed by atoms with Crippen molar-refractivity contribution in [3.8, 4) is 6.07 Å². The first-order valence-corrected chi connectivity index (χ1v) is 7.24. The monoisotopic (exact) mass is 317 g/mol. The van der Waals surface area contributed by atoms with E-state index in [1.807, 2.05) is 24.3 Å². The number of nitrogens with one attached hydrogen (secondary N) is 1. The largest absolute Gasteiger partial charge is 0.467 e. The van der Waals surface area contributed by atoms with E-state index in [1.165, 1.54) is 0 Å². The summed E-state index contributed by atoms with van der Waals surface area (Å²) < 4.78 is 5.26. The van der Waals surface area contributed by atoms with E-state index in [2.05, 4.69) is 5.32 Å². The normalized spacial score (nSPS) is 10.0. The lowest BCUT2D eigenvalue weighted by molar-refractivity contribution is -0.130. The molecule has 0 saturated heterocycles. The smallest absolute Gasteiger partial charge is 0.242 e. The summed E-state index contributed by atoms with van der Waals surface area (Å²) in [7, 11) is 0. The van der Waals surface area contributed by atoms with Crippen LogP contribution >= 0.6 is 11.6 Å². The summed E-state index contributed by atoms with van der Waals surface area (Å²) in [5, 5.41) is 12.3. The van der Waals surface area contributed by atoms with E-state index in [4.69, 9.17) is 21.3 Å². The lowest BCUT2D eigenvalue weighted by Crippen LogP contribution is -2.35. The molecular weight excluding hydrogens is 302 g/mol. The van der Waals surface area contributed by atoms with E-state index in [-0.39, 0.29) is 18.9 Å². The molecule has 114 valence electrons. The highest BCUT2D eigenvalue weighted by Crippen LogP contribution is 2.20. The van der Waals surface area contributed by atoms with Crippen molar-refractivity contribution in [2.45, 2.75) is 13.0 Å². The van der Waals surface area contributed by atoms with Crippen LogP contribution in [0, 0.1) is 11.3 Å². The van der Waals surface area contributed by atoms with Gasteiger partial charge in [0.25, 0.3) is 0 Å². The Labute approximate surface area is 134 Å². The minimum Gasteiger partial charge on any atom is -0.467 e. The molecule has 1 heterocycles. The molecule has 0 aliphatic heterocycles. The molecule has 0 radical (unpaired) electrons. The lowest BCUT2D eigenvalue weighted by atomic mass is 10.3. The maximum Gasteiger partial charge on any atom is 0.242 e. The van der Waals surface area contributed by atoms with Crippen molar-refractivity contribution < 1.29 is 9.21 Å². The summed E-state index contributed by atoms with van der Waals surface area (Å²) in [6, 6.07) is 12.8. The molecule has 1 amide bonds. The Balaban J connectivity index is 1.96. The van der Waals surface area contributed by atoms with Crippen LogP contribution in [0.5, 0.6) is 0 Å². The number of hydrogen-bond donors (Lipinski definition) is 1. The molecule has 0 aliphatic rings. The first kappa shape index (κ1) is 15.9. The van der Waals surface area contributed by atoms with Gasteiger partial charge in [0.05, 0.1) is 42.6 Å². The molecule has 0 saturated carbocycles. The maximum absolute atomic E-state index is 12.3. The second-order valence-corrected chi connectivity index (χ2v) is 5.04. The van der Waals surface area contributed by atoms with Gasteiger partial charge in [-0.2, -0.15) is 5.26 Å². The zero-order valence-corrected chi connectivity index (χ0v) is 12.7. The van der Waals surface area contributed by atoms with Crippen LogP contribution in [-0.2, 0) is 11.3 Å². The van der Waals surface area contributed by atoms with Gasteiger partial charge in [0, 0.05) is 6.54 Å². The number of rotatable bonds is 7. The molecule has 0 atom stereocenters. The molecule has 0 spiro atoms. The number of anilines is 1. The van der Waals surface area contributed by atoms with E-state index < -0.39 is 0 Å². The van der Waals surface area contributed by atoms with Crippen LogP contribution in [0.1, 0.15) is 12.2 Å². The van der Waals surface area contributed by atoms with Crippen molar-refractivity contribution in [1.82, 2.24) is 4.90 Å². The minimum absolute atomic E-state index is 0.107. The predicted molar refractivity (Wildman–Crippen MR) is 84.3 cm³/mol. The van der Waals surface area contributed by atoms with E-state index in [0.717, 1.165) is 0 Å². The Hall–Kier alpha value is -2.45. The molecular formula is C16H16ClN3O2. The van der Waals surface area contributed by atoms with Gasteiger partial charge in [-0.15, -0.1) is 0 Å². The van der Waals surface area contributed by atoms with Gasteiger partial charge in [-0.1, -0.05) is 23.7 Å². The Morgan fingerprint density at radius 2 is 2.14 bits per heavy atom. The van der Waals surface area contributed by atoms with Crippen molar-refractivity contribution >= 4 is 23.2 Å². The van der Waals surface area contributed by atoms with Gasteiger partial charge in [0.1, 0.15) is 5.76 Å². The molecule has 6 heteroatoms. The summed E-state index contributed by atoms with van der Waals surface area (Å²) in [5.41, 5.74) is 0.704. The number of amides is 1. The first-order chi connectivity index (χ1) is 10.7. The van der Waals surface area contributed by atoms with Crippen LogP contribution in [-0.4, -0.2) is 23.9 Å².